The highest BCUT2D eigenvalue weighted by Gasteiger charge is 2.25. The summed E-state index contributed by atoms with van der Waals surface area (Å²) in [6.45, 7) is 4.93. The molecule has 0 N–H and O–H groups in total. The zero-order valence-electron chi connectivity index (χ0n) is 10.2. The van der Waals surface area contributed by atoms with Crippen molar-refractivity contribution in [2.24, 2.45) is 5.41 Å². The maximum atomic E-state index is 6.05. The summed E-state index contributed by atoms with van der Waals surface area (Å²) in [6, 6.07) is 5.25. The van der Waals surface area contributed by atoms with Gasteiger partial charge in [0.15, 0.2) is 0 Å². The third kappa shape index (κ3) is 3.97. The molecule has 0 aliphatic heterocycles. The highest BCUT2D eigenvalue weighted by atomic mass is 35.5. The van der Waals surface area contributed by atoms with Crippen molar-refractivity contribution in [1.29, 1.82) is 0 Å². The number of hydrogen-bond donors (Lipinski definition) is 1. The van der Waals surface area contributed by atoms with E-state index in [9.17, 15) is 0 Å². The summed E-state index contributed by atoms with van der Waals surface area (Å²) in [6.07, 6.45) is 2.07. The molecule has 0 atom stereocenters. The van der Waals surface area contributed by atoms with E-state index in [2.05, 4.69) is 26.5 Å². The molecule has 0 aliphatic rings. The fraction of sp³-hybridized carbons (Fsp3) is 0.538. The Labute approximate surface area is 119 Å². The van der Waals surface area contributed by atoms with E-state index in [1.54, 1.807) is 18.2 Å². The first-order valence-corrected chi connectivity index (χ1v) is 7.14. The van der Waals surface area contributed by atoms with Crippen LogP contribution >= 0.6 is 35.8 Å². The minimum atomic E-state index is 0.106. The van der Waals surface area contributed by atoms with Crippen LogP contribution in [0.15, 0.2) is 18.2 Å². The van der Waals surface area contributed by atoms with Gasteiger partial charge in [0.2, 0.25) is 0 Å². The molecule has 1 nitrogen and oxygen atoms in total. The highest BCUT2D eigenvalue weighted by molar-refractivity contribution is 7.80. The second-order valence-electron chi connectivity index (χ2n) is 4.23. The normalized spacial score (nSPS) is 11.6. The van der Waals surface area contributed by atoms with Crippen LogP contribution in [-0.2, 0) is 0 Å². The Bertz CT molecular complexity index is 356. The third-order valence-electron chi connectivity index (χ3n) is 3.26. The SMILES string of the molecule is CCC(CC)(CS)COc1cc(Cl)ccc1Cl. The predicted molar refractivity (Wildman–Crippen MR) is 78.8 cm³/mol. The zero-order chi connectivity index (χ0) is 12.9. The van der Waals surface area contributed by atoms with Gasteiger partial charge in [0, 0.05) is 16.5 Å². The summed E-state index contributed by atoms with van der Waals surface area (Å²) in [7, 11) is 0. The monoisotopic (exact) mass is 292 g/mol. The maximum Gasteiger partial charge on any atom is 0.139 e. The van der Waals surface area contributed by atoms with Crippen LogP contribution in [0.25, 0.3) is 0 Å². The van der Waals surface area contributed by atoms with Crippen LogP contribution in [0.5, 0.6) is 5.75 Å². The van der Waals surface area contributed by atoms with Crippen LogP contribution in [0.3, 0.4) is 0 Å². The molecular weight excluding hydrogens is 275 g/mol. The van der Waals surface area contributed by atoms with Gasteiger partial charge in [-0.05, 0) is 30.7 Å². The molecule has 0 fully saturated rings. The van der Waals surface area contributed by atoms with Crippen LogP contribution in [0, 0.1) is 5.41 Å². The molecule has 17 heavy (non-hydrogen) atoms. The molecule has 0 unspecified atom stereocenters. The van der Waals surface area contributed by atoms with Gasteiger partial charge >= 0.3 is 0 Å². The molecule has 0 heterocycles. The number of halogens is 2. The van der Waals surface area contributed by atoms with Crippen molar-refractivity contribution in [3.8, 4) is 5.75 Å². The van der Waals surface area contributed by atoms with Gasteiger partial charge in [-0.3, -0.25) is 0 Å². The Hall–Kier alpha value is -0.0500. The van der Waals surface area contributed by atoms with Crippen molar-refractivity contribution in [3.63, 3.8) is 0 Å². The predicted octanol–water partition coefficient (Wildman–Crippen LogP) is 5.11. The molecule has 0 amide bonds. The Morgan fingerprint density at radius 3 is 2.41 bits per heavy atom. The summed E-state index contributed by atoms with van der Waals surface area (Å²) in [5.74, 6) is 1.45. The summed E-state index contributed by atoms with van der Waals surface area (Å²) in [5.41, 5.74) is 0.106. The van der Waals surface area contributed by atoms with Gasteiger partial charge in [-0.1, -0.05) is 37.0 Å². The molecule has 1 aromatic rings. The average molecular weight is 293 g/mol. The van der Waals surface area contributed by atoms with Gasteiger partial charge in [0.25, 0.3) is 0 Å². The van der Waals surface area contributed by atoms with Gasteiger partial charge in [0.1, 0.15) is 5.75 Å². The van der Waals surface area contributed by atoms with Crippen molar-refractivity contribution in [2.45, 2.75) is 26.7 Å². The van der Waals surface area contributed by atoms with Crippen molar-refractivity contribution >= 4 is 35.8 Å². The zero-order valence-corrected chi connectivity index (χ0v) is 12.6. The van der Waals surface area contributed by atoms with Crippen LogP contribution in [0.1, 0.15) is 26.7 Å². The number of benzene rings is 1. The molecule has 0 spiro atoms. The molecule has 96 valence electrons. The minimum Gasteiger partial charge on any atom is -0.491 e. The lowest BCUT2D eigenvalue weighted by Crippen LogP contribution is -2.29. The fourth-order valence-electron chi connectivity index (χ4n) is 1.54. The van der Waals surface area contributed by atoms with E-state index in [1.165, 1.54) is 0 Å². The Kier molecular flexibility index (Phi) is 5.98. The van der Waals surface area contributed by atoms with Gasteiger partial charge in [-0.25, -0.2) is 0 Å². The van der Waals surface area contributed by atoms with Gasteiger partial charge in [-0.15, -0.1) is 0 Å². The fourth-order valence-corrected chi connectivity index (χ4v) is 2.41. The van der Waals surface area contributed by atoms with Crippen LogP contribution < -0.4 is 4.74 Å². The van der Waals surface area contributed by atoms with E-state index in [0.717, 1.165) is 18.6 Å². The second-order valence-corrected chi connectivity index (χ2v) is 5.39. The first kappa shape index (κ1) is 15.0. The van der Waals surface area contributed by atoms with Gasteiger partial charge in [-0.2, -0.15) is 12.6 Å². The largest absolute Gasteiger partial charge is 0.491 e. The minimum absolute atomic E-state index is 0.106. The molecule has 0 radical (unpaired) electrons. The maximum absolute atomic E-state index is 6.05. The molecular formula is C13H18Cl2OS. The molecule has 1 rings (SSSR count). The summed E-state index contributed by atoms with van der Waals surface area (Å²) in [4.78, 5) is 0. The smallest absolute Gasteiger partial charge is 0.139 e. The molecule has 1 aromatic carbocycles. The number of thiol groups is 1. The van der Waals surface area contributed by atoms with Crippen LogP contribution in [0.4, 0.5) is 0 Å². The lowest BCUT2D eigenvalue weighted by Gasteiger charge is -2.29. The Morgan fingerprint density at radius 2 is 1.88 bits per heavy atom. The van der Waals surface area contributed by atoms with Crippen LogP contribution in [-0.4, -0.2) is 12.4 Å². The van der Waals surface area contributed by atoms with Crippen LogP contribution in [0.2, 0.25) is 10.0 Å². The second kappa shape index (κ2) is 6.77. The first-order chi connectivity index (χ1) is 8.06. The highest BCUT2D eigenvalue weighted by Crippen LogP contribution is 2.32. The number of rotatable bonds is 6. The van der Waals surface area contributed by atoms with E-state index >= 15 is 0 Å². The molecule has 4 heteroatoms. The molecule has 0 saturated carbocycles. The van der Waals surface area contributed by atoms with E-state index in [-0.39, 0.29) is 5.41 Å². The quantitative estimate of drug-likeness (QED) is 0.717. The molecule has 0 aliphatic carbocycles. The van der Waals surface area contributed by atoms with Gasteiger partial charge < -0.3 is 4.74 Å². The molecule has 0 bridgehead atoms. The lowest BCUT2D eigenvalue weighted by molar-refractivity contribution is 0.157. The van der Waals surface area contributed by atoms with Crippen molar-refractivity contribution in [3.05, 3.63) is 28.2 Å². The number of hydrogen-bond acceptors (Lipinski definition) is 2. The van der Waals surface area contributed by atoms with Crippen molar-refractivity contribution < 1.29 is 4.74 Å². The molecule has 0 aromatic heterocycles. The van der Waals surface area contributed by atoms with E-state index in [4.69, 9.17) is 27.9 Å². The van der Waals surface area contributed by atoms with Crippen molar-refractivity contribution in [2.75, 3.05) is 12.4 Å². The third-order valence-corrected chi connectivity index (χ3v) is 4.48. The summed E-state index contributed by atoms with van der Waals surface area (Å²) < 4.78 is 5.79. The first-order valence-electron chi connectivity index (χ1n) is 5.75. The topological polar surface area (TPSA) is 9.23 Å². The van der Waals surface area contributed by atoms with E-state index in [0.29, 0.717) is 22.4 Å². The van der Waals surface area contributed by atoms with Crippen molar-refractivity contribution in [1.82, 2.24) is 0 Å². The Morgan fingerprint density at radius 1 is 1.24 bits per heavy atom. The van der Waals surface area contributed by atoms with E-state index in [1.807, 2.05) is 0 Å². The molecule has 0 saturated heterocycles. The standard InChI is InChI=1S/C13H18Cl2OS/c1-3-13(4-2,9-17)8-16-12-7-10(14)5-6-11(12)15/h5-7,17H,3-4,8-9H2,1-2H3. The Balaban J connectivity index is 2.75. The van der Waals surface area contributed by atoms with Gasteiger partial charge in [0.05, 0.1) is 11.6 Å². The summed E-state index contributed by atoms with van der Waals surface area (Å²) in [5, 5.41) is 1.23. The van der Waals surface area contributed by atoms with E-state index < -0.39 is 0 Å². The number of ether oxygens (including phenoxy) is 1. The average Bonchev–Trinajstić information content (AvgIpc) is 2.35. The summed E-state index contributed by atoms with van der Waals surface area (Å²) >= 11 is 16.4. The lowest BCUT2D eigenvalue weighted by atomic mass is 9.85.